The highest BCUT2D eigenvalue weighted by molar-refractivity contribution is 7.89. The summed E-state index contributed by atoms with van der Waals surface area (Å²) in [4.78, 5) is 24.0. The summed E-state index contributed by atoms with van der Waals surface area (Å²) in [6, 6.07) is 12.6. The minimum Gasteiger partial charge on any atom is -0.452 e. The molecule has 0 atom stereocenters. The summed E-state index contributed by atoms with van der Waals surface area (Å²) >= 11 is 6.06. The zero-order valence-electron chi connectivity index (χ0n) is 14.9. The van der Waals surface area contributed by atoms with Gasteiger partial charge < -0.3 is 10.1 Å². The van der Waals surface area contributed by atoms with Gasteiger partial charge in [-0.2, -0.15) is 4.31 Å². The molecule has 0 saturated carbocycles. The molecule has 28 heavy (non-hydrogen) atoms. The Labute approximate surface area is 168 Å². The first kappa shape index (κ1) is 20.3. The molecule has 1 aliphatic rings. The van der Waals surface area contributed by atoms with Gasteiger partial charge in [0.1, 0.15) is 4.90 Å². The first-order chi connectivity index (χ1) is 13.4. The van der Waals surface area contributed by atoms with Crippen LogP contribution in [0.1, 0.15) is 23.2 Å². The Balaban J connectivity index is 1.68. The molecule has 2 aromatic rings. The normalized spacial score (nSPS) is 14.6. The number of hydrogen-bond acceptors (Lipinski definition) is 5. The molecule has 0 aromatic heterocycles. The molecule has 0 aliphatic carbocycles. The minimum absolute atomic E-state index is 0.00897. The maximum atomic E-state index is 12.7. The van der Waals surface area contributed by atoms with Gasteiger partial charge in [-0.1, -0.05) is 29.8 Å². The summed E-state index contributed by atoms with van der Waals surface area (Å²) in [5, 5.41) is 2.62. The van der Waals surface area contributed by atoms with Crippen LogP contribution in [0.15, 0.2) is 53.4 Å². The van der Waals surface area contributed by atoms with Gasteiger partial charge in [-0.05, 0) is 43.2 Å². The lowest BCUT2D eigenvalue weighted by molar-refractivity contribution is -0.119. The van der Waals surface area contributed by atoms with Crippen molar-refractivity contribution >= 4 is 39.2 Å². The van der Waals surface area contributed by atoms with Crippen molar-refractivity contribution in [1.29, 1.82) is 0 Å². The quantitative estimate of drug-likeness (QED) is 0.722. The highest BCUT2D eigenvalue weighted by atomic mass is 35.5. The summed E-state index contributed by atoms with van der Waals surface area (Å²) in [6.45, 7) is 0.352. The molecule has 148 valence electrons. The molecule has 7 nitrogen and oxygen atoms in total. The van der Waals surface area contributed by atoms with E-state index in [-0.39, 0.29) is 15.5 Å². The maximum absolute atomic E-state index is 12.7. The van der Waals surface area contributed by atoms with Gasteiger partial charge >= 0.3 is 5.97 Å². The average molecular weight is 423 g/mol. The maximum Gasteiger partial charge on any atom is 0.338 e. The van der Waals surface area contributed by atoms with Crippen LogP contribution in [0.4, 0.5) is 5.69 Å². The first-order valence-electron chi connectivity index (χ1n) is 8.69. The first-order valence-corrected chi connectivity index (χ1v) is 10.5. The highest BCUT2D eigenvalue weighted by Crippen LogP contribution is 2.28. The molecular formula is C19H19ClN2O5S. The molecular weight excluding hydrogens is 404 g/mol. The Morgan fingerprint density at radius 3 is 2.43 bits per heavy atom. The number of nitrogens with one attached hydrogen (secondary N) is 1. The average Bonchev–Trinajstić information content (AvgIpc) is 3.23. The number of amides is 1. The van der Waals surface area contributed by atoms with Crippen molar-refractivity contribution < 1.29 is 22.7 Å². The van der Waals surface area contributed by atoms with Crippen LogP contribution in [0.3, 0.4) is 0 Å². The number of halogens is 1. The molecule has 1 fully saturated rings. The van der Waals surface area contributed by atoms with Gasteiger partial charge in [-0.25, -0.2) is 13.2 Å². The van der Waals surface area contributed by atoms with Crippen LogP contribution in [0, 0.1) is 0 Å². The number of anilines is 1. The van der Waals surface area contributed by atoms with Gasteiger partial charge in [-0.15, -0.1) is 0 Å². The molecule has 1 aliphatic heterocycles. The molecule has 1 N–H and O–H groups in total. The Hall–Kier alpha value is -2.42. The van der Waals surface area contributed by atoms with Crippen molar-refractivity contribution in [2.75, 3.05) is 25.0 Å². The predicted molar refractivity (Wildman–Crippen MR) is 105 cm³/mol. The molecule has 0 spiro atoms. The van der Waals surface area contributed by atoms with Gasteiger partial charge in [0.05, 0.1) is 10.6 Å². The van der Waals surface area contributed by atoms with Crippen LogP contribution in [0.2, 0.25) is 5.02 Å². The van der Waals surface area contributed by atoms with Gasteiger partial charge in [0, 0.05) is 18.8 Å². The zero-order valence-corrected chi connectivity index (χ0v) is 16.5. The van der Waals surface area contributed by atoms with E-state index in [1.54, 1.807) is 24.3 Å². The Bertz CT molecular complexity index is 973. The molecule has 9 heteroatoms. The summed E-state index contributed by atoms with van der Waals surface area (Å²) in [7, 11) is -3.78. The smallest absolute Gasteiger partial charge is 0.338 e. The van der Waals surface area contributed by atoms with Crippen molar-refractivity contribution in [3.63, 3.8) is 0 Å². The van der Waals surface area contributed by atoms with Crippen LogP contribution in [-0.2, 0) is 19.6 Å². The van der Waals surface area contributed by atoms with Crippen LogP contribution in [0.25, 0.3) is 0 Å². The molecule has 3 rings (SSSR count). The van der Waals surface area contributed by atoms with Crippen molar-refractivity contribution in [2.24, 2.45) is 0 Å². The Morgan fingerprint density at radius 1 is 1.07 bits per heavy atom. The molecule has 0 radical (unpaired) electrons. The molecule has 1 heterocycles. The number of carbonyl (C=O) groups excluding carboxylic acids is 2. The third kappa shape index (κ3) is 4.70. The summed E-state index contributed by atoms with van der Waals surface area (Å²) in [5.41, 5.74) is 0.587. The number of hydrogen-bond donors (Lipinski definition) is 1. The number of sulfonamides is 1. The van der Waals surface area contributed by atoms with Gasteiger partial charge in [0.25, 0.3) is 5.91 Å². The third-order valence-corrected chi connectivity index (χ3v) is 6.62. The third-order valence-electron chi connectivity index (χ3n) is 4.24. The van der Waals surface area contributed by atoms with E-state index in [1.165, 1.54) is 22.5 Å². The van der Waals surface area contributed by atoms with Crippen LogP contribution >= 0.6 is 11.6 Å². The lowest BCUT2D eigenvalue weighted by atomic mass is 10.2. The number of carbonyl (C=O) groups is 2. The SMILES string of the molecule is O=C(COC(=O)c1ccc(Cl)c(S(=O)(=O)N2CCCC2)c1)Nc1ccccc1. The number of nitrogens with zero attached hydrogens (tertiary/aromatic N) is 1. The summed E-state index contributed by atoms with van der Waals surface area (Å²) < 4.78 is 31.8. The zero-order chi connectivity index (χ0) is 20.1. The van der Waals surface area contributed by atoms with Crippen molar-refractivity contribution in [3.8, 4) is 0 Å². The predicted octanol–water partition coefficient (Wildman–Crippen LogP) is 2.92. The number of esters is 1. The summed E-state index contributed by atoms with van der Waals surface area (Å²) in [5.74, 6) is -1.31. The number of rotatable bonds is 6. The topological polar surface area (TPSA) is 92.8 Å². The van der Waals surface area contributed by atoms with Crippen LogP contribution in [0.5, 0.6) is 0 Å². The number of ether oxygens (including phenoxy) is 1. The highest BCUT2D eigenvalue weighted by Gasteiger charge is 2.30. The fourth-order valence-corrected chi connectivity index (χ4v) is 4.85. The molecule has 0 bridgehead atoms. The second-order valence-electron chi connectivity index (χ2n) is 6.25. The van der Waals surface area contributed by atoms with Crippen molar-refractivity contribution in [1.82, 2.24) is 4.31 Å². The largest absolute Gasteiger partial charge is 0.452 e. The van der Waals surface area contributed by atoms with Gasteiger partial charge in [0.2, 0.25) is 10.0 Å². The molecule has 2 aromatic carbocycles. The van der Waals surface area contributed by atoms with Crippen LogP contribution < -0.4 is 5.32 Å². The second kappa shape index (κ2) is 8.72. The van der Waals surface area contributed by atoms with E-state index in [4.69, 9.17) is 16.3 Å². The van der Waals surface area contributed by atoms with E-state index in [0.717, 1.165) is 12.8 Å². The van der Waals surface area contributed by atoms with E-state index in [1.807, 2.05) is 6.07 Å². The fraction of sp³-hybridized carbons (Fsp3) is 0.263. The van der Waals surface area contributed by atoms with E-state index in [9.17, 15) is 18.0 Å². The van der Waals surface area contributed by atoms with E-state index >= 15 is 0 Å². The van der Waals surface area contributed by atoms with E-state index in [2.05, 4.69) is 5.32 Å². The number of para-hydroxylation sites is 1. The second-order valence-corrected chi connectivity index (χ2v) is 8.56. The van der Waals surface area contributed by atoms with Crippen molar-refractivity contribution in [3.05, 3.63) is 59.1 Å². The lowest BCUT2D eigenvalue weighted by Gasteiger charge is -2.17. The monoisotopic (exact) mass is 422 g/mol. The number of benzene rings is 2. The summed E-state index contributed by atoms with van der Waals surface area (Å²) in [6.07, 6.45) is 1.57. The van der Waals surface area contributed by atoms with Crippen molar-refractivity contribution in [2.45, 2.75) is 17.7 Å². The van der Waals surface area contributed by atoms with Gasteiger partial charge in [0.15, 0.2) is 6.61 Å². The van der Waals surface area contributed by atoms with Crippen LogP contribution in [-0.4, -0.2) is 44.3 Å². The fourth-order valence-electron chi connectivity index (χ4n) is 2.83. The van der Waals surface area contributed by atoms with E-state index < -0.39 is 28.5 Å². The Morgan fingerprint density at radius 2 is 1.75 bits per heavy atom. The minimum atomic E-state index is -3.78. The van der Waals surface area contributed by atoms with Gasteiger partial charge in [-0.3, -0.25) is 4.79 Å². The molecule has 1 saturated heterocycles. The Kier molecular flexibility index (Phi) is 6.33. The molecule has 1 amide bonds. The lowest BCUT2D eigenvalue weighted by Crippen LogP contribution is -2.28. The van der Waals surface area contributed by atoms with E-state index in [0.29, 0.717) is 18.8 Å². The molecule has 0 unspecified atom stereocenters. The standard InChI is InChI=1S/C19H19ClN2O5S/c20-16-9-8-14(12-17(16)28(25,26)22-10-4-5-11-22)19(24)27-13-18(23)21-15-6-2-1-3-7-15/h1-3,6-9,12H,4-5,10-11,13H2,(H,21,23).